The molecule has 128 valence electrons. The quantitative estimate of drug-likeness (QED) is 0.789. The Bertz CT molecular complexity index is 768. The van der Waals surface area contributed by atoms with Gasteiger partial charge in [0, 0.05) is 5.56 Å². The number of alkyl halides is 3. The Morgan fingerprint density at radius 1 is 0.958 bits per heavy atom. The fourth-order valence-corrected chi connectivity index (χ4v) is 2.17. The lowest BCUT2D eigenvalue weighted by molar-refractivity contribution is -0.137. The van der Waals surface area contributed by atoms with Gasteiger partial charge in [0.15, 0.2) is 0 Å². The summed E-state index contributed by atoms with van der Waals surface area (Å²) in [5.74, 6) is -2.48. The lowest BCUT2D eigenvalue weighted by Crippen LogP contribution is -2.35. The second-order valence-electron chi connectivity index (χ2n) is 5.75. The molecule has 24 heavy (non-hydrogen) atoms. The molecule has 0 saturated heterocycles. The summed E-state index contributed by atoms with van der Waals surface area (Å²) in [5, 5.41) is 2.11. The van der Waals surface area contributed by atoms with Crippen molar-refractivity contribution in [1.29, 1.82) is 0 Å². The van der Waals surface area contributed by atoms with Crippen LogP contribution in [0.4, 0.5) is 27.6 Å². The Balaban J connectivity index is 2.34. The number of halogens is 5. The number of benzene rings is 2. The summed E-state index contributed by atoms with van der Waals surface area (Å²) in [6.07, 6.45) is -4.67. The second-order valence-corrected chi connectivity index (χ2v) is 5.75. The monoisotopic (exact) mass is 343 g/mol. The van der Waals surface area contributed by atoms with E-state index in [-0.39, 0.29) is 5.56 Å². The van der Waals surface area contributed by atoms with E-state index in [9.17, 15) is 26.7 Å². The first-order chi connectivity index (χ1) is 11.0. The molecule has 0 spiro atoms. The van der Waals surface area contributed by atoms with Crippen molar-refractivity contribution in [2.75, 3.05) is 5.32 Å². The third kappa shape index (κ3) is 3.55. The molecule has 1 amide bonds. The maximum absolute atomic E-state index is 13.9. The zero-order valence-corrected chi connectivity index (χ0v) is 12.8. The average Bonchev–Trinajstić information content (AvgIpc) is 2.48. The Morgan fingerprint density at radius 2 is 1.58 bits per heavy atom. The highest BCUT2D eigenvalue weighted by Crippen LogP contribution is 2.33. The highest BCUT2D eigenvalue weighted by Gasteiger charge is 2.34. The zero-order valence-electron chi connectivity index (χ0n) is 12.8. The van der Waals surface area contributed by atoms with Crippen molar-refractivity contribution >= 4 is 11.6 Å². The lowest BCUT2D eigenvalue weighted by atomic mass is 9.83. The van der Waals surface area contributed by atoms with Gasteiger partial charge < -0.3 is 5.32 Å². The first-order valence-corrected chi connectivity index (χ1v) is 6.96. The van der Waals surface area contributed by atoms with Gasteiger partial charge in [-0.3, -0.25) is 4.79 Å². The van der Waals surface area contributed by atoms with Crippen molar-refractivity contribution in [3.05, 3.63) is 65.2 Å². The van der Waals surface area contributed by atoms with Crippen LogP contribution in [0.5, 0.6) is 0 Å². The van der Waals surface area contributed by atoms with Gasteiger partial charge in [-0.1, -0.05) is 18.2 Å². The van der Waals surface area contributed by atoms with Crippen LogP contribution >= 0.6 is 0 Å². The predicted octanol–water partition coefficient (Wildman–Crippen LogP) is 4.90. The van der Waals surface area contributed by atoms with Crippen molar-refractivity contribution in [3.63, 3.8) is 0 Å². The van der Waals surface area contributed by atoms with Crippen LogP contribution in [0.25, 0.3) is 0 Å². The maximum atomic E-state index is 13.9. The molecule has 7 heteroatoms. The van der Waals surface area contributed by atoms with Crippen molar-refractivity contribution in [2.24, 2.45) is 0 Å². The van der Waals surface area contributed by atoms with Crippen molar-refractivity contribution in [3.8, 4) is 0 Å². The fourth-order valence-electron chi connectivity index (χ4n) is 2.17. The normalized spacial score (nSPS) is 12.1. The second kappa shape index (κ2) is 6.22. The third-order valence-electron chi connectivity index (χ3n) is 3.66. The van der Waals surface area contributed by atoms with Crippen molar-refractivity contribution < 1.29 is 26.7 Å². The van der Waals surface area contributed by atoms with Crippen LogP contribution in [0.3, 0.4) is 0 Å². The molecule has 0 aliphatic heterocycles. The smallest absolute Gasteiger partial charge is 0.323 e. The Labute approximate surface area is 135 Å². The molecular weight excluding hydrogens is 329 g/mol. The molecule has 0 radical (unpaired) electrons. The van der Waals surface area contributed by atoms with E-state index in [4.69, 9.17) is 0 Å². The summed E-state index contributed by atoms with van der Waals surface area (Å²) in [6.45, 7) is 2.79. The first kappa shape index (κ1) is 17.9. The first-order valence-electron chi connectivity index (χ1n) is 6.96. The molecule has 0 aliphatic rings. The number of carbonyl (C=O) groups is 1. The van der Waals surface area contributed by atoms with Crippen LogP contribution in [0.2, 0.25) is 0 Å². The van der Waals surface area contributed by atoms with Crippen molar-refractivity contribution in [1.82, 2.24) is 0 Å². The van der Waals surface area contributed by atoms with Crippen LogP contribution in [-0.2, 0) is 16.4 Å². The van der Waals surface area contributed by atoms with Gasteiger partial charge in [0.05, 0.1) is 16.7 Å². The Kier molecular flexibility index (Phi) is 4.64. The van der Waals surface area contributed by atoms with E-state index in [2.05, 4.69) is 5.32 Å². The average molecular weight is 343 g/mol. The van der Waals surface area contributed by atoms with Gasteiger partial charge >= 0.3 is 6.18 Å². The van der Waals surface area contributed by atoms with E-state index < -0.39 is 40.4 Å². The minimum atomic E-state index is -4.67. The molecular formula is C17H14F5NO. The lowest BCUT2D eigenvalue weighted by Gasteiger charge is -2.25. The van der Waals surface area contributed by atoms with Crippen LogP contribution in [0, 0.1) is 11.6 Å². The van der Waals surface area contributed by atoms with E-state index in [0.717, 1.165) is 6.07 Å². The standard InChI is InChI=1S/C17H14F5NO/c1-16(2,11-5-3-4-6-12(11)18)15(24)23-14-9-10(17(20,21)22)7-8-13(14)19/h3-9H,1-2H3,(H,23,24). The van der Waals surface area contributed by atoms with Gasteiger partial charge in [-0.2, -0.15) is 13.2 Å². The van der Waals surface area contributed by atoms with E-state index in [1.807, 2.05) is 0 Å². The number of anilines is 1. The highest BCUT2D eigenvalue weighted by atomic mass is 19.4. The van der Waals surface area contributed by atoms with Crippen LogP contribution < -0.4 is 5.32 Å². The van der Waals surface area contributed by atoms with Gasteiger partial charge in [0.25, 0.3) is 0 Å². The molecule has 0 aromatic heterocycles. The third-order valence-corrected chi connectivity index (χ3v) is 3.66. The molecule has 0 fully saturated rings. The topological polar surface area (TPSA) is 29.1 Å². The number of carbonyl (C=O) groups excluding carboxylic acids is 1. The van der Waals surface area contributed by atoms with Gasteiger partial charge in [-0.05, 0) is 38.1 Å². The number of amides is 1. The summed E-state index contributed by atoms with van der Waals surface area (Å²) in [4.78, 5) is 12.4. The van der Waals surface area contributed by atoms with Crippen molar-refractivity contribution in [2.45, 2.75) is 25.4 Å². The molecule has 2 rings (SSSR count). The summed E-state index contributed by atoms with van der Waals surface area (Å²) in [5.41, 5.74) is -3.07. The minimum Gasteiger partial charge on any atom is -0.323 e. The van der Waals surface area contributed by atoms with E-state index in [1.54, 1.807) is 0 Å². The predicted molar refractivity (Wildman–Crippen MR) is 79.5 cm³/mol. The molecule has 0 atom stereocenters. The van der Waals surface area contributed by atoms with Gasteiger partial charge in [0.2, 0.25) is 5.91 Å². The number of hydrogen-bond donors (Lipinski definition) is 1. The highest BCUT2D eigenvalue weighted by molar-refractivity contribution is 5.98. The largest absolute Gasteiger partial charge is 0.416 e. The molecule has 0 saturated carbocycles. The van der Waals surface area contributed by atoms with Crippen LogP contribution in [0.15, 0.2) is 42.5 Å². The number of rotatable bonds is 3. The van der Waals surface area contributed by atoms with Gasteiger partial charge in [0.1, 0.15) is 11.6 Å². The maximum Gasteiger partial charge on any atom is 0.416 e. The summed E-state index contributed by atoms with van der Waals surface area (Å²) in [7, 11) is 0. The minimum absolute atomic E-state index is 0.0508. The summed E-state index contributed by atoms with van der Waals surface area (Å²) < 4.78 is 65.7. The molecule has 2 aromatic carbocycles. The van der Waals surface area contributed by atoms with Gasteiger partial charge in [-0.25, -0.2) is 8.78 Å². The van der Waals surface area contributed by atoms with E-state index in [0.29, 0.717) is 18.2 Å². The zero-order chi connectivity index (χ0) is 18.1. The summed E-state index contributed by atoms with van der Waals surface area (Å²) in [6, 6.07) is 7.22. The molecule has 2 aromatic rings. The summed E-state index contributed by atoms with van der Waals surface area (Å²) >= 11 is 0. The van der Waals surface area contributed by atoms with E-state index in [1.165, 1.54) is 32.0 Å². The van der Waals surface area contributed by atoms with E-state index >= 15 is 0 Å². The molecule has 0 unspecified atom stereocenters. The molecule has 2 nitrogen and oxygen atoms in total. The molecule has 0 bridgehead atoms. The molecule has 1 N–H and O–H groups in total. The van der Waals surface area contributed by atoms with Gasteiger partial charge in [-0.15, -0.1) is 0 Å². The fraction of sp³-hybridized carbons (Fsp3) is 0.235. The number of nitrogens with one attached hydrogen (secondary N) is 1. The number of hydrogen-bond acceptors (Lipinski definition) is 1. The SMILES string of the molecule is CC(C)(C(=O)Nc1cc(C(F)(F)F)ccc1F)c1ccccc1F. The van der Waals surface area contributed by atoms with Crippen LogP contribution in [-0.4, -0.2) is 5.91 Å². The Morgan fingerprint density at radius 3 is 2.17 bits per heavy atom. The molecule has 0 aliphatic carbocycles. The molecule has 0 heterocycles. The van der Waals surface area contributed by atoms with Crippen LogP contribution in [0.1, 0.15) is 25.0 Å². The Hall–Kier alpha value is -2.44.